The first-order chi connectivity index (χ1) is 12.9. The Morgan fingerprint density at radius 3 is 2.81 bits per heavy atom. The molecule has 2 unspecified atom stereocenters. The third-order valence-corrected chi connectivity index (χ3v) is 6.75. The van der Waals surface area contributed by atoms with Gasteiger partial charge < -0.3 is 14.8 Å². The van der Waals surface area contributed by atoms with Gasteiger partial charge in [-0.2, -0.15) is 0 Å². The van der Waals surface area contributed by atoms with Crippen LogP contribution in [0, 0.1) is 5.92 Å². The van der Waals surface area contributed by atoms with Gasteiger partial charge in [0.05, 0.1) is 0 Å². The number of carbonyl (C=O) groups is 2. The second kappa shape index (κ2) is 7.07. The molecule has 148 valence electrons. The van der Waals surface area contributed by atoms with E-state index in [-0.39, 0.29) is 33.2 Å². The molecular weight excluding hydrogens is 396 g/mol. The highest BCUT2D eigenvalue weighted by molar-refractivity contribution is 8.00. The number of nitrogens with two attached hydrogens (primary N) is 2. The number of anilines is 1. The first kappa shape index (κ1) is 18.7. The standard InChI is InChI=1S/C14H20N6O5S2/c1-5(21)24-8(6-2-3-6)12-25-7(4-26-12)19-10-9(27-14(19)23)11(22)20(16)13(17-10)18-15/h6-8,12-13,17-18H,2-4,15-16H2,1H3/t7-,8?,12+,13?/m1/s1. The van der Waals surface area contributed by atoms with Gasteiger partial charge in [-0.3, -0.25) is 24.8 Å². The van der Waals surface area contributed by atoms with Gasteiger partial charge in [0, 0.05) is 12.7 Å². The van der Waals surface area contributed by atoms with Crippen molar-refractivity contribution < 1.29 is 19.1 Å². The molecule has 11 nitrogen and oxygen atoms in total. The summed E-state index contributed by atoms with van der Waals surface area (Å²) in [7, 11) is 0. The molecular formula is C14H20N6O5S2. The van der Waals surface area contributed by atoms with Crippen molar-refractivity contribution in [1.29, 1.82) is 0 Å². The highest BCUT2D eigenvalue weighted by Crippen LogP contribution is 2.44. The van der Waals surface area contributed by atoms with Crippen molar-refractivity contribution in [3.05, 3.63) is 14.5 Å². The first-order valence-electron chi connectivity index (χ1n) is 8.41. The van der Waals surface area contributed by atoms with Crippen molar-refractivity contribution >= 4 is 40.8 Å². The van der Waals surface area contributed by atoms with Gasteiger partial charge in [-0.25, -0.2) is 16.3 Å². The maximum Gasteiger partial charge on any atom is 0.311 e. The molecule has 0 aromatic carbocycles. The van der Waals surface area contributed by atoms with Crippen molar-refractivity contribution in [2.45, 2.75) is 43.8 Å². The molecule has 13 heteroatoms. The number of esters is 1. The van der Waals surface area contributed by atoms with Crippen LogP contribution < -0.4 is 27.3 Å². The van der Waals surface area contributed by atoms with Crippen LogP contribution in [0.4, 0.5) is 5.82 Å². The summed E-state index contributed by atoms with van der Waals surface area (Å²) in [6, 6.07) is 0. The highest BCUT2D eigenvalue weighted by atomic mass is 32.2. The number of thioether (sulfide) groups is 1. The van der Waals surface area contributed by atoms with Crippen molar-refractivity contribution in [2.24, 2.45) is 17.6 Å². The normalized spacial score (nSPS) is 28.6. The van der Waals surface area contributed by atoms with E-state index in [1.165, 1.54) is 23.3 Å². The number of nitrogens with zero attached hydrogens (tertiary/aromatic N) is 2. The average Bonchev–Trinajstić information content (AvgIpc) is 3.26. The molecule has 1 saturated heterocycles. The van der Waals surface area contributed by atoms with Crippen LogP contribution in [-0.2, 0) is 14.3 Å². The Kier molecular flexibility index (Phi) is 4.90. The number of rotatable bonds is 5. The lowest BCUT2D eigenvalue weighted by atomic mass is 10.2. The number of carbonyl (C=O) groups excluding carboxylic acids is 2. The second-order valence-electron chi connectivity index (χ2n) is 6.55. The van der Waals surface area contributed by atoms with E-state index >= 15 is 0 Å². The molecule has 1 saturated carbocycles. The largest absolute Gasteiger partial charge is 0.459 e. The number of hydrogen-bond acceptors (Lipinski definition) is 11. The number of ether oxygens (including phenoxy) is 2. The van der Waals surface area contributed by atoms with Crippen LogP contribution in [0.25, 0.3) is 0 Å². The van der Waals surface area contributed by atoms with Gasteiger partial charge in [-0.15, -0.1) is 11.8 Å². The highest BCUT2D eigenvalue weighted by Gasteiger charge is 2.45. The zero-order valence-corrected chi connectivity index (χ0v) is 16.0. The molecule has 6 N–H and O–H groups in total. The van der Waals surface area contributed by atoms with Crippen molar-refractivity contribution in [2.75, 3.05) is 11.1 Å². The molecule has 1 aliphatic carbocycles. The minimum atomic E-state index is -0.852. The molecule has 1 aromatic heterocycles. The molecule has 4 atom stereocenters. The number of amides is 1. The van der Waals surface area contributed by atoms with E-state index in [0.29, 0.717) is 11.6 Å². The molecule has 3 aliphatic rings. The predicted octanol–water partition coefficient (Wildman–Crippen LogP) is -0.672. The number of hydrogen-bond donors (Lipinski definition) is 4. The summed E-state index contributed by atoms with van der Waals surface area (Å²) >= 11 is 2.29. The number of hydrazine groups is 2. The van der Waals surface area contributed by atoms with Crippen LogP contribution in [0.2, 0.25) is 0 Å². The molecule has 0 bridgehead atoms. The lowest BCUT2D eigenvalue weighted by Crippen LogP contribution is -2.61. The van der Waals surface area contributed by atoms with E-state index < -0.39 is 18.4 Å². The summed E-state index contributed by atoms with van der Waals surface area (Å²) in [5.41, 5.74) is 2.02. The lowest BCUT2D eigenvalue weighted by molar-refractivity contribution is -0.154. The monoisotopic (exact) mass is 416 g/mol. The van der Waals surface area contributed by atoms with Gasteiger partial charge in [-0.1, -0.05) is 11.3 Å². The van der Waals surface area contributed by atoms with Crippen LogP contribution in [0.1, 0.15) is 35.7 Å². The molecule has 1 amide bonds. The fourth-order valence-corrected chi connectivity index (χ4v) is 5.38. The van der Waals surface area contributed by atoms with Gasteiger partial charge in [0.1, 0.15) is 28.5 Å². The topological polar surface area (TPSA) is 154 Å². The Morgan fingerprint density at radius 1 is 1.44 bits per heavy atom. The smallest absolute Gasteiger partial charge is 0.311 e. The Bertz CT molecular complexity index is 823. The van der Waals surface area contributed by atoms with Crippen LogP contribution >= 0.6 is 23.1 Å². The van der Waals surface area contributed by atoms with Crippen LogP contribution in [0.5, 0.6) is 0 Å². The Balaban J connectivity index is 1.59. The third kappa shape index (κ3) is 3.34. The first-order valence-corrected chi connectivity index (χ1v) is 10.3. The zero-order chi connectivity index (χ0) is 19.3. The molecule has 0 radical (unpaired) electrons. The lowest BCUT2D eigenvalue weighted by Gasteiger charge is -2.33. The maximum atomic E-state index is 12.5. The molecule has 3 heterocycles. The Hall–Kier alpha value is -1.64. The molecule has 1 aromatic rings. The number of aromatic nitrogens is 1. The SMILES string of the molecule is CC(=O)OC(C1CC1)[C@H]1O[C@@H](n2c3c(sc2=O)C(=O)N(N)C(NN)N3)CS1. The molecule has 2 fully saturated rings. The van der Waals surface area contributed by atoms with E-state index in [1.807, 2.05) is 0 Å². The fraction of sp³-hybridized carbons (Fsp3) is 0.643. The summed E-state index contributed by atoms with van der Waals surface area (Å²) in [5.74, 6) is 11.4. The maximum absolute atomic E-state index is 12.5. The Labute approximate surface area is 162 Å². The van der Waals surface area contributed by atoms with Gasteiger partial charge in [-0.05, 0) is 18.8 Å². The predicted molar refractivity (Wildman–Crippen MR) is 98.3 cm³/mol. The quantitative estimate of drug-likeness (QED) is 0.210. The van der Waals surface area contributed by atoms with Gasteiger partial charge in [0.2, 0.25) is 0 Å². The fourth-order valence-electron chi connectivity index (χ4n) is 3.19. The number of nitrogens with one attached hydrogen (secondary N) is 2. The minimum Gasteiger partial charge on any atom is -0.459 e. The number of thiazole rings is 1. The van der Waals surface area contributed by atoms with Crippen LogP contribution in [0.3, 0.4) is 0 Å². The molecule has 27 heavy (non-hydrogen) atoms. The van der Waals surface area contributed by atoms with E-state index in [4.69, 9.17) is 21.2 Å². The third-order valence-electron chi connectivity index (χ3n) is 4.62. The van der Waals surface area contributed by atoms with E-state index in [9.17, 15) is 14.4 Å². The summed E-state index contributed by atoms with van der Waals surface area (Å²) < 4.78 is 12.9. The van der Waals surface area contributed by atoms with E-state index in [0.717, 1.165) is 29.2 Å². The summed E-state index contributed by atoms with van der Waals surface area (Å²) in [5, 5.41) is 3.84. The summed E-state index contributed by atoms with van der Waals surface area (Å²) in [6.45, 7) is 1.38. The second-order valence-corrected chi connectivity index (χ2v) is 8.64. The van der Waals surface area contributed by atoms with Gasteiger partial charge in [0.25, 0.3) is 5.91 Å². The zero-order valence-electron chi connectivity index (χ0n) is 14.4. The van der Waals surface area contributed by atoms with Crippen LogP contribution in [-0.4, -0.2) is 45.0 Å². The van der Waals surface area contributed by atoms with E-state index in [2.05, 4.69) is 10.7 Å². The molecule has 2 aliphatic heterocycles. The van der Waals surface area contributed by atoms with Crippen molar-refractivity contribution in [3.63, 3.8) is 0 Å². The molecule has 0 spiro atoms. The van der Waals surface area contributed by atoms with Gasteiger partial charge in [0.15, 0.2) is 6.29 Å². The number of fused-ring (bicyclic) bond motifs is 1. The Morgan fingerprint density at radius 2 is 2.19 bits per heavy atom. The summed E-state index contributed by atoms with van der Waals surface area (Å²) in [6.07, 6.45) is 0.199. The minimum absolute atomic E-state index is 0.199. The van der Waals surface area contributed by atoms with Crippen molar-refractivity contribution in [1.82, 2.24) is 15.0 Å². The van der Waals surface area contributed by atoms with Crippen LogP contribution in [0.15, 0.2) is 4.79 Å². The summed E-state index contributed by atoms with van der Waals surface area (Å²) in [4.78, 5) is 36.2. The average molecular weight is 416 g/mol. The van der Waals surface area contributed by atoms with Crippen molar-refractivity contribution in [3.8, 4) is 0 Å². The van der Waals surface area contributed by atoms with E-state index in [1.54, 1.807) is 0 Å². The molecule has 4 rings (SSSR count). The van der Waals surface area contributed by atoms with Gasteiger partial charge >= 0.3 is 10.8 Å².